The number of hydrogen-bond donors (Lipinski definition) is 2. The zero-order valence-corrected chi connectivity index (χ0v) is 13.3. The molecule has 1 amide bonds. The molecule has 0 aromatic carbocycles. The number of amides is 1. The highest BCUT2D eigenvalue weighted by atomic mass is 16.5. The average molecular weight is 285 g/mol. The van der Waals surface area contributed by atoms with E-state index in [9.17, 15) is 4.79 Å². The SMILES string of the molecule is CCN(CC(=O)NCCCOC(C)C)C1CCNCC1. The second-order valence-corrected chi connectivity index (χ2v) is 5.67. The molecule has 0 aromatic heterocycles. The summed E-state index contributed by atoms with van der Waals surface area (Å²) in [5.74, 6) is 0.134. The van der Waals surface area contributed by atoms with Crippen LogP contribution >= 0.6 is 0 Å². The molecule has 0 unspecified atom stereocenters. The average Bonchev–Trinajstić information content (AvgIpc) is 2.45. The molecule has 5 heteroatoms. The van der Waals surface area contributed by atoms with E-state index in [4.69, 9.17) is 4.74 Å². The van der Waals surface area contributed by atoms with Gasteiger partial charge in [-0.1, -0.05) is 6.92 Å². The van der Waals surface area contributed by atoms with Gasteiger partial charge in [0.1, 0.15) is 0 Å². The Kier molecular flexibility index (Phi) is 8.82. The van der Waals surface area contributed by atoms with Gasteiger partial charge in [-0.25, -0.2) is 0 Å². The third-order valence-corrected chi connectivity index (χ3v) is 3.67. The molecule has 0 spiro atoms. The summed E-state index contributed by atoms with van der Waals surface area (Å²) in [6.07, 6.45) is 3.43. The third kappa shape index (κ3) is 7.22. The van der Waals surface area contributed by atoms with Crippen LogP contribution in [0.25, 0.3) is 0 Å². The van der Waals surface area contributed by atoms with Crippen LogP contribution in [0, 0.1) is 0 Å². The lowest BCUT2D eigenvalue weighted by Gasteiger charge is -2.33. The highest BCUT2D eigenvalue weighted by Gasteiger charge is 2.21. The minimum atomic E-state index is 0.134. The Morgan fingerprint density at radius 1 is 1.40 bits per heavy atom. The van der Waals surface area contributed by atoms with Crippen LogP contribution in [-0.4, -0.2) is 62.3 Å². The molecule has 1 heterocycles. The Morgan fingerprint density at radius 3 is 2.70 bits per heavy atom. The van der Waals surface area contributed by atoms with Crippen molar-refractivity contribution >= 4 is 5.91 Å². The van der Waals surface area contributed by atoms with Crippen LogP contribution < -0.4 is 10.6 Å². The van der Waals surface area contributed by atoms with E-state index in [-0.39, 0.29) is 12.0 Å². The molecule has 2 N–H and O–H groups in total. The molecule has 0 saturated carbocycles. The molecule has 1 aliphatic heterocycles. The highest BCUT2D eigenvalue weighted by Crippen LogP contribution is 2.10. The highest BCUT2D eigenvalue weighted by molar-refractivity contribution is 5.78. The topological polar surface area (TPSA) is 53.6 Å². The summed E-state index contributed by atoms with van der Waals surface area (Å²) in [4.78, 5) is 14.2. The Morgan fingerprint density at radius 2 is 2.10 bits per heavy atom. The fraction of sp³-hybridized carbons (Fsp3) is 0.933. The quantitative estimate of drug-likeness (QED) is 0.620. The van der Waals surface area contributed by atoms with Gasteiger partial charge in [-0.3, -0.25) is 9.69 Å². The van der Waals surface area contributed by atoms with E-state index in [1.807, 2.05) is 13.8 Å². The smallest absolute Gasteiger partial charge is 0.234 e. The number of hydrogen-bond acceptors (Lipinski definition) is 4. The van der Waals surface area contributed by atoms with Crippen LogP contribution in [0.3, 0.4) is 0 Å². The predicted molar refractivity (Wildman–Crippen MR) is 81.9 cm³/mol. The molecule has 1 fully saturated rings. The summed E-state index contributed by atoms with van der Waals surface area (Å²) in [6.45, 7) is 11.2. The third-order valence-electron chi connectivity index (χ3n) is 3.67. The van der Waals surface area contributed by atoms with Gasteiger partial charge >= 0.3 is 0 Å². The monoisotopic (exact) mass is 285 g/mol. The van der Waals surface area contributed by atoms with Gasteiger partial charge in [0.05, 0.1) is 12.6 Å². The molecule has 20 heavy (non-hydrogen) atoms. The Balaban J connectivity index is 2.15. The van der Waals surface area contributed by atoms with Gasteiger partial charge in [0.2, 0.25) is 5.91 Å². The summed E-state index contributed by atoms with van der Waals surface area (Å²) in [6, 6.07) is 0.552. The maximum atomic E-state index is 11.9. The van der Waals surface area contributed by atoms with Crippen LogP contribution in [0.2, 0.25) is 0 Å². The van der Waals surface area contributed by atoms with Crippen molar-refractivity contribution in [2.75, 3.05) is 39.3 Å². The van der Waals surface area contributed by atoms with Gasteiger partial charge in [-0.05, 0) is 52.7 Å². The van der Waals surface area contributed by atoms with E-state index in [0.717, 1.165) is 38.9 Å². The zero-order valence-electron chi connectivity index (χ0n) is 13.3. The number of likely N-dealkylation sites (N-methyl/N-ethyl adjacent to an activating group) is 1. The van der Waals surface area contributed by atoms with Crippen LogP contribution in [0.15, 0.2) is 0 Å². The molecule has 1 saturated heterocycles. The number of nitrogens with zero attached hydrogens (tertiary/aromatic N) is 1. The predicted octanol–water partition coefficient (Wildman–Crippen LogP) is 0.992. The van der Waals surface area contributed by atoms with E-state index < -0.39 is 0 Å². The van der Waals surface area contributed by atoms with Crippen LogP contribution in [0.4, 0.5) is 0 Å². The lowest BCUT2D eigenvalue weighted by Crippen LogP contribution is -2.47. The fourth-order valence-electron chi connectivity index (χ4n) is 2.53. The molecule has 0 atom stereocenters. The van der Waals surface area contributed by atoms with Crippen molar-refractivity contribution in [1.82, 2.24) is 15.5 Å². The number of ether oxygens (including phenoxy) is 1. The van der Waals surface area contributed by atoms with Crippen molar-refractivity contribution in [2.24, 2.45) is 0 Å². The Bertz CT molecular complexity index is 266. The summed E-state index contributed by atoms with van der Waals surface area (Å²) >= 11 is 0. The normalized spacial score (nSPS) is 16.9. The molecule has 5 nitrogen and oxygen atoms in total. The second kappa shape index (κ2) is 10.1. The summed E-state index contributed by atoms with van der Waals surface area (Å²) in [7, 11) is 0. The van der Waals surface area contributed by atoms with Crippen molar-refractivity contribution < 1.29 is 9.53 Å². The van der Waals surface area contributed by atoms with Crippen molar-refractivity contribution in [2.45, 2.75) is 52.2 Å². The van der Waals surface area contributed by atoms with Crippen LogP contribution in [0.1, 0.15) is 40.0 Å². The summed E-state index contributed by atoms with van der Waals surface area (Å²) in [5, 5.41) is 6.35. The van der Waals surface area contributed by atoms with E-state index >= 15 is 0 Å². The van der Waals surface area contributed by atoms with Crippen molar-refractivity contribution in [3.8, 4) is 0 Å². The van der Waals surface area contributed by atoms with Gasteiger partial charge in [-0.15, -0.1) is 0 Å². The van der Waals surface area contributed by atoms with E-state index in [2.05, 4.69) is 22.5 Å². The molecule has 1 aliphatic rings. The van der Waals surface area contributed by atoms with Gasteiger partial charge in [0.15, 0.2) is 0 Å². The maximum absolute atomic E-state index is 11.9. The minimum absolute atomic E-state index is 0.134. The van der Waals surface area contributed by atoms with E-state index in [1.165, 1.54) is 0 Å². The standard InChI is InChI=1S/C15H31N3O2/c1-4-18(14-6-9-16-10-7-14)12-15(19)17-8-5-11-20-13(2)3/h13-14,16H,4-12H2,1-3H3,(H,17,19). The van der Waals surface area contributed by atoms with Gasteiger partial charge in [-0.2, -0.15) is 0 Å². The fourth-order valence-corrected chi connectivity index (χ4v) is 2.53. The van der Waals surface area contributed by atoms with Crippen LogP contribution in [0.5, 0.6) is 0 Å². The molecular weight excluding hydrogens is 254 g/mol. The minimum Gasteiger partial charge on any atom is -0.379 e. The second-order valence-electron chi connectivity index (χ2n) is 5.67. The molecule has 118 valence electrons. The molecular formula is C15H31N3O2. The van der Waals surface area contributed by atoms with Gasteiger partial charge in [0, 0.05) is 19.2 Å². The van der Waals surface area contributed by atoms with E-state index in [1.54, 1.807) is 0 Å². The number of carbonyl (C=O) groups excluding carboxylic acids is 1. The molecule has 1 rings (SSSR count). The lowest BCUT2D eigenvalue weighted by atomic mass is 10.0. The molecule has 0 radical (unpaired) electrons. The first-order valence-electron chi connectivity index (χ1n) is 7.96. The number of nitrogens with one attached hydrogen (secondary N) is 2. The number of piperidine rings is 1. The first-order chi connectivity index (χ1) is 9.63. The van der Waals surface area contributed by atoms with Gasteiger partial charge < -0.3 is 15.4 Å². The van der Waals surface area contributed by atoms with E-state index in [0.29, 0.717) is 25.7 Å². The lowest BCUT2D eigenvalue weighted by molar-refractivity contribution is -0.122. The Labute approximate surface area is 123 Å². The molecule has 0 aromatic rings. The first kappa shape index (κ1) is 17.4. The van der Waals surface area contributed by atoms with Crippen molar-refractivity contribution in [3.63, 3.8) is 0 Å². The molecule has 0 bridgehead atoms. The maximum Gasteiger partial charge on any atom is 0.234 e. The number of rotatable bonds is 9. The van der Waals surface area contributed by atoms with Crippen LogP contribution in [-0.2, 0) is 9.53 Å². The molecule has 0 aliphatic carbocycles. The zero-order chi connectivity index (χ0) is 14.8. The largest absolute Gasteiger partial charge is 0.379 e. The number of carbonyl (C=O) groups is 1. The Hall–Kier alpha value is -0.650. The first-order valence-corrected chi connectivity index (χ1v) is 7.96. The van der Waals surface area contributed by atoms with Gasteiger partial charge in [0.25, 0.3) is 0 Å². The summed E-state index contributed by atoms with van der Waals surface area (Å²) < 4.78 is 5.45. The summed E-state index contributed by atoms with van der Waals surface area (Å²) in [5.41, 5.74) is 0. The van der Waals surface area contributed by atoms with Crippen molar-refractivity contribution in [3.05, 3.63) is 0 Å². The van der Waals surface area contributed by atoms with Crippen molar-refractivity contribution in [1.29, 1.82) is 0 Å².